The van der Waals surface area contributed by atoms with Crippen LogP contribution in [0, 0.1) is 5.92 Å². The van der Waals surface area contributed by atoms with E-state index in [1.807, 2.05) is 24.6 Å². The van der Waals surface area contributed by atoms with Crippen molar-refractivity contribution in [1.29, 1.82) is 0 Å². The number of ether oxygens (including phenoxy) is 2. The van der Waals surface area contributed by atoms with Crippen LogP contribution in [0.4, 0.5) is 18.9 Å². The van der Waals surface area contributed by atoms with Crippen LogP contribution in [-0.2, 0) is 21.2 Å². The zero-order valence-corrected chi connectivity index (χ0v) is 21.9. The maximum atomic E-state index is 12.8. The molecule has 0 fully saturated rings. The van der Waals surface area contributed by atoms with Crippen molar-refractivity contribution in [3.63, 3.8) is 0 Å². The highest BCUT2D eigenvalue weighted by Crippen LogP contribution is 2.42. The van der Waals surface area contributed by atoms with Crippen LogP contribution in [0.25, 0.3) is 11.3 Å². The summed E-state index contributed by atoms with van der Waals surface area (Å²) in [6, 6.07) is 4.62. The van der Waals surface area contributed by atoms with Crippen molar-refractivity contribution in [3.05, 3.63) is 45.2 Å². The minimum atomic E-state index is -4.94. The minimum Gasteiger partial charge on any atom is -0.492 e. The van der Waals surface area contributed by atoms with Crippen LogP contribution in [0.5, 0.6) is 5.75 Å². The summed E-state index contributed by atoms with van der Waals surface area (Å²) < 4.78 is 76.6. The minimum absolute atomic E-state index is 0.130. The molecule has 1 aromatic carbocycles. The Kier molecular flexibility index (Phi) is 9.00. The van der Waals surface area contributed by atoms with Gasteiger partial charge in [-0.15, -0.1) is 0 Å². The first-order valence-corrected chi connectivity index (χ1v) is 13.7. The number of hydrogen-bond acceptors (Lipinski definition) is 5. The van der Waals surface area contributed by atoms with Gasteiger partial charge in [0.2, 0.25) is 15.5 Å². The van der Waals surface area contributed by atoms with Crippen LogP contribution in [-0.4, -0.2) is 45.2 Å². The molecule has 1 aliphatic heterocycles. The fourth-order valence-corrected chi connectivity index (χ4v) is 5.69. The molecule has 0 saturated heterocycles. The number of pyridine rings is 1. The largest absolute Gasteiger partial charge is 0.492 e. The third-order valence-electron chi connectivity index (χ3n) is 6.07. The van der Waals surface area contributed by atoms with Crippen molar-refractivity contribution in [2.24, 2.45) is 5.92 Å². The Morgan fingerprint density at radius 3 is 2.61 bits per heavy atom. The molecule has 2 aromatic rings. The highest BCUT2D eigenvalue weighted by molar-refractivity contribution is 7.92. The predicted octanol–water partition coefficient (Wildman–Crippen LogP) is 5.42. The quantitative estimate of drug-likeness (QED) is 0.377. The van der Waals surface area contributed by atoms with Gasteiger partial charge in [0.1, 0.15) is 11.4 Å². The molecule has 200 valence electrons. The number of anilines is 1. The predicted molar refractivity (Wildman–Crippen MR) is 133 cm³/mol. The molecule has 0 spiro atoms. The number of nitrogens with zero attached hydrogens (tertiary/aromatic N) is 1. The van der Waals surface area contributed by atoms with Crippen molar-refractivity contribution in [2.75, 3.05) is 30.8 Å². The van der Waals surface area contributed by atoms with E-state index in [0.29, 0.717) is 48.1 Å². The van der Waals surface area contributed by atoms with Crippen LogP contribution in [0.1, 0.15) is 44.7 Å². The van der Waals surface area contributed by atoms with Crippen molar-refractivity contribution in [2.45, 2.75) is 51.7 Å². The van der Waals surface area contributed by atoms with Crippen molar-refractivity contribution >= 4 is 27.3 Å². The van der Waals surface area contributed by atoms with Gasteiger partial charge in [0, 0.05) is 44.0 Å². The Labute approximate surface area is 213 Å². The summed E-state index contributed by atoms with van der Waals surface area (Å²) in [5.41, 5.74) is 0.952. The molecule has 0 radical (unpaired) electrons. The first-order chi connectivity index (χ1) is 16.8. The summed E-state index contributed by atoms with van der Waals surface area (Å²) in [5, 5.41) is 0.347. The van der Waals surface area contributed by atoms with E-state index in [4.69, 9.17) is 21.1 Å². The fraction of sp³-hybridized carbons (Fsp3) is 0.542. The van der Waals surface area contributed by atoms with E-state index in [1.165, 1.54) is 12.3 Å². The smallest absolute Gasteiger partial charge is 0.404 e. The standard InChI is InChI=1S/C24H30ClF3N2O5S/c1-4-6-15(2)20-9-16-10-23(35-8-5-7-34-3)18(25)11-17(16)21-12-22(31)19(13-30(20)21)29-36(32,33)14-24(26,27)28/h10-13,15,20,29H,4-9,14H2,1-3H3. The second kappa shape index (κ2) is 11.4. The summed E-state index contributed by atoms with van der Waals surface area (Å²) in [5.74, 6) is -1.44. The van der Waals surface area contributed by atoms with Crippen LogP contribution in [0.3, 0.4) is 0 Å². The van der Waals surface area contributed by atoms with E-state index in [0.717, 1.165) is 18.4 Å². The summed E-state index contributed by atoms with van der Waals surface area (Å²) in [7, 11) is -3.20. The van der Waals surface area contributed by atoms with E-state index in [-0.39, 0.29) is 12.0 Å². The van der Waals surface area contributed by atoms with Crippen LogP contribution >= 0.6 is 11.6 Å². The second-order valence-corrected chi connectivity index (χ2v) is 11.1. The summed E-state index contributed by atoms with van der Waals surface area (Å²) >= 11 is 6.47. The van der Waals surface area contributed by atoms with Gasteiger partial charge in [-0.3, -0.25) is 9.52 Å². The lowest BCUT2D eigenvalue weighted by Gasteiger charge is -2.35. The van der Waals surface area contributed by atoms with Crippen molar-refractivity contribution in [3.8, 4) is 17.0 Å². The SMILES string of the molecule is CCCC(C)C1Cc2cc(OCCCOC)c(Cl)cc2-c2cc(=O)c(NS(=O)(=O)CC(F)(F)F)cn21. The number of nitrogens with one attached hydrogen (secondary N) is 1. The molecule has 36 heavy (non-hydrogen) atoms. The van der Waals surface area contributed by atoms with E-state index in [9.17, 15) is 26.4 Å². The Hall–Kier alpha value is -2.24. The molecule has 0 saturated carbocycles. The average Bonchev–Trinajstić information content (AvgIpc) is 2.75. The van der Waals surface area contributed by atoms with Crippen LogP contribution < -0.4 is 14.9 Å². The summed E-state index contributed by atoms with van der Waals surface area (Å²) in [6.07, 6.45) is -0.645. The lowest BCUT2D eigenvalue weighted by molar-refractivity contribution is -0.106. The van der Waals surface area contributed by atoms with E-state index < -0.39 is 33.1 Å². The second-order valence-electron chi connectivity index (χ2n) is 8.99. The van der Waals surface area contributed by atoms with Gasteiger partial charge in [-0.2, -0.15) is 13.2 Å². The fourth-order valence-electron chi connectivity index (χ4n) is 4.48. The number of alkyl halides is 3. The lowest BCUT2D eigenvalue weighted by Crippen LogP contribution is -2.31. The number of aromatic nitrogens is 1. The van der Waals surface area contributed by atoms with Gasteiger partial charge in [0.25, 0.3) is 0 Å². The normalized spacial score (nSPS) is 16.2. The molecule has 1 N–H and O–H groups in total. The Balaban J connectivity index is 2.06. The molecule has 3 rings (SSSR count). The Bertz CT molecular complexity index is 1250. The van der Waals surface area contributed by atoms with E-state index in [1.54, 1.807) is 17.7 Å². The molecular weight excluding hydrogens is 521 g/mol. The van der Waals surface area contributed by atoms with Crippen LogP contribution in [0.15, 0.2) is 29.2 Å². The first kappa shape index (κ1) is 28.3. The third-order valence-corrected chi connectivity index (χ3v) is 7.60. The number of methoxy groups -OCH3 is 1. The van der Waals surface area contributed by atoms with E-state index in [2.05, 4.69) is 0 Å². The molecule has 0 aliphatic carbocycles. The molecule has 0 bridgehead atoms. The maximum Gasteiger partial charge on any atom is 0.404 e. The van der Waals surface area contributed by atoms with Gasteiger partial charge < -0.3 is 14.0 Å². The average molecular weight is 551 g/mol. The number of hydrogen-bond donors (Lipinski definition) is 1. The van der Waals surface area contributed by atoms with Gasteiger partial charge >= 0.3 is 6.18 Å². The number of rotatable bonds is 11. The number of benzene rings is 1. The maximum absolute atomic E-state index is 12.8. The summed E-state index contributed by atoms with van der Waals surface area (Å²) in [4.78, 5) is 12.8. The number of halogens is 4. The zero-order valence-electron chi connectivity index (χ0n) is 20.3. The zero-order chi connectivity index (χ0) is 26.7. The molecule has 7 nitrogen and oxygen atoms in total. The molecule has 1 aromatic heterocycles. The van der Waals surface area contributed by atoms with Gasteiger partial charge in [-0.05, 0) is 36.5 Å². The molecular formula is C24H30ClF3N2O5S. The monoisotopic (exact) mass is 550 g/mol. The lowest BCUT2D eigenvalue weighted by atomic mass is 9.85. The topological polar surface area (TPSA) is 86.6 Å². The first-order valence-electron chi connectivity index (χ1n) is 11.6. The third kappa shape index (κ3) is 6.95. The molecule has 1 aliphatic rings. The molecule has 2 atom stereocenters. The van der Waals surface area contributed by atoms with Gasteiger partial charge in [0.15, 0.2) is 5.75 Å². The Morgan fingerprint density at radius 2 is 1.97 bits per heavy atom. The van der Waals surface area contributed by atoms with Gasteiger partial charge in [-0.25, -0.2) is 8.42 Å². The highest BCUT2D eigenvalue weighted by Gasteiger charge is 2.36. The van der Waals surface area contributed by atoms with E-state index >= 15 is 0 Å². The summed E-state index contributed by atoms with van der Waals surface area (Å²) in [6.45, 7) is 5.05. The Morgan fingerprint density at radius 1 is 1.25 bits per heavy atom. The van der Waals surface area contributed by atoms with Gasteiger partial charge in [0.05, 0.1) is 17.3 Å². The van der Waals surface area contributed by atoms with Gasteiger partial charge in [-0.1, -0.05) is 31.9 Å². The number of fused-ring (bicyclic) bond motifs is 3. The van der Waals surface area contributed by atoms with Crippen molar-refractivity contribution < 1.29 is 31.1 Å². The van der Waals surface area contributed by atoms with Crippen molar-refractivity contribution in [1.82, 2.24) is 4.57 Å². The van der Waals surface area contributed by atoms with Crippen LogP contribution in [0.2, 0.25) is 5.02 Å². The molecule has 12 heteroatoms. The molecule has 2 heterocycles. The molecule has 0 amide bonds. The molecule has 2 unspecified atom stereocenters. The number of sulfonamides is 1. The highest BCUT2D eigenvalue weighted by atomic mass is 35.5.